The van der Waals surface area contributed by atoms with E-state index in [-0.39, 0.29) is 37.0 Å². The molecule has 0 radical (unpaired) electrons. The van der Waals surface area contributed by atoms with E-state index in [1.807, 2.05) is 0 Å². The van der Waals surface area contributed by atoms with Crippen LogP contribution in [0.3, 0.4) is 0 Å². The molecule has 0 spiro atoms. The van der Waals surface area contributed by atoms with Gasteiger partial charge in [0.1, 0.15) is 11.6 Å². The first-order valence-corrected chi connectivity index (χ1v) is 8.28. The zero-order chi connectivity index (χ0) is 21.0. The zero-order valence-electron chi connectivity index (χ0n) is 12.1. The normalized spacial score (nSPS) is 12.8. The second-order valence-electron chi connectivity index (χ2n) is 4.13. The van der Waals surface area contributed by atoms with E-state index in [0.717, 1.165) is 0 Å². The van der Waals surface area contributed by atoms with Gasteiger partial charge in [-0.25, -0.2) is 30.0 Å². The Morgan fingerprint density at radius 2 is 0.786 bits per heavy atom. The van der Waals surface area contributed by atoms with Crippen molar-refractivity contribution in [3.63, 3.8) is 0 Å². The van der Waals surface area contributed by atoms with Crippen LogP contribution in [-0.2, 0) is 19.7 Å². The quantitative estimate of drug-likeness (QED) is 0.209. The molecule has 0 aromatic heterocycles. The van der Waals surface area contributed by atoms with Crippen molar-refractivity contribution in [1.29, 1.82) is 0 Å². The number of hydrogen-bond acceptors (Lipinski definition) is 4. The molecule has 0 unspecified atom stereocenters. The number of rotatable bonds is 3. The van der Waals surface area contributed by atoms with E-state index in [9.17, 15) is 65.1 Å². The van der Waals surface area contributed by atoms with Gasteiger partial charge in [0.15, 0.2) is 5.82 Å². The van der Waals surface area contributed by atoms with Gasteiger partial charge in [-0.1, -0.05) is 13.0 Å². The van der Waals surface area contributed by atoms with Crippen LogP contribution < -0.4 is 29.6 Å². The molecule has 0 aliphatic carbocycles. The minimum absolute atomic E-state index is 0. The van der Waals surface area contributed by atoms with Gasteiger partial charge in [0, 0.05) is 0 Å². The molecule has 0 amide bonds. The number of hydrogen-bond donors (Lipinski definition) is 0. The molecule has 0 atom stereocenters. The van der Waals surface area contributed by atoms with E-state index in [1.165, 1.54) is 0 Å². The van der Waals surface area contributed by atoms with Gasteiger partial charge in [0.25, 0.3) is 0 Å². The first-order chi connectivity index (χ1) is 11.3. The van der Waals surface area contributed by atoms with Crippen LogP contribution in [0.2, 0.25) is 0 Å². The van der Waals surface area contributed by atoms with Crippen LogP contribution in [0.1, 0.15) is 13.0 Å². The predicted octanol–water partition coefficient (Wildman–Crippen LogP) is 0.729. The third-order valence-corrected chi connectivity index (χ3v) is 6.43. The smallest absolute Gasteiger partial charge is 0.280 e. The van der Waals surface area contributed by atoms with Crippen molar-refractivity contribution in [2.45, 2.75) is 18.4 Å². The van der Waals surface area contributed by atoms with E-state index in [2.05, 4.69) is 0 Å². The monoisotopic (exact) mass is 484 g/mol. The van der Waals surface area contributed by atoms with E-state index >= 15 is 0 Å². The fourth-order valence-electron chi connectivity index (χ4n) is 1.41. The third kappa shape index (κ3) is 4.52. The Balaban J connectivity index is 0. The van der Waals surface area contributed by atoms with Gasteiger partial charge < -0.3 is 0 Å². The maximum Gasteiger partial charge on any atom is 1.00 e. The molecular weight excluding hydrogens is 480 g/mol. The van der Waals surface area contributed by atoms with Crippen molar-refractivity contribution >= 4 is 19.7 Å². The fraction of sp³-hybridized carbons (Fsp3) is 0.300. The van der Waals surface area contributed by atoms with Crippen LogP contribution in [0.5, 0.6) is 0 Å². The zero-order valence-corrected chi connectivity index (χ0v) is 15.7. The molecule has 18 heteroatoms. The standard InChI is InChI=1S/C9F11O4S2.CH4.Na/c10-2-1(3(11)5(13)6(14)4(2)12)7(25(21,22)8(15,16)17)26(23,24)9(18,19)20;;/h;1H4;/q-1;;+1. The summed E-state index contributed by atoms with van der Waals surface area (Å²) in [5.41, 5.74) is -17.2. The number of alkyl halides is 6. The van der Waals surface area contributed by atoms with Crippen LogP contribution >= 0.6 is 0 Å². The van der Waals surface area contributed by atoms with Crippen molar-refractivity contribution in [1.82, 2.24) is 0 Å². The SMILES string of the molecule is C.O=S(=O)([C-](c1c(F)c(F)c(F)c(F)c1F)S(=O)(=O)C(F)(F)F)C(F)(F)F.[Na+]. The summed E-state index contributed by atoms with van der Waals surface area (Å²) in [6.45, 7) is 0. The van der Waals surface area contributed by atoms with Crippen molar-refractivity contribution < 1.29 is 94.7 Å². The molecule has 0 bridgehead atoms. The van der Waals surface area contributed by atoms with Gasteiger partial charge in [-0.05, 0) is 0 Å². The molecule has 28 heavy (non-hydrogen) atoms. The van der Waals surface area contributed by atoms with Crippen LogP contribution in [0.15, 0.2) is 0 Å². The van der Waals surface area contributed by atoms with Gasteiger partial charge in [-0.3, -0.25) is 8.78 Å². The molecule has 1 aromatic rings. The number of halogens is 11. The average Bonchev–Trinajstić information content (AvgIpc) is 2.44. The van der Waals surface area contributed by atoms with E-state index in [4.69, 9.17) is 0 Å². The van der Waals surface area contributed by atoms with Crippen LogP contribution in [0.4, 0.5) is 48.3 Å². The molecule has 0 N–H and O–H groups in total. The van der Waals surface area contributed by atoms with Gasteiger partial charge >= 0.3 is 40.6 Å². The largest absolute Gasteiger partial charge is 1.00 e. The number of benzene rings is 1. The minimum atomic E-state index is -7.75. The van der Waals surface area contributed by atoms with Crippen LogP contribution in [0, 0.1) is 33.7 Å². The summed E-state index contributed by atoms with van der Waals surface area (Å²) in [5.74, 6) is -16.5. The van der Waals surface area contributed by atoms with E-state index in [1.54, 1.807) is 0 Å². The Kier molecular flexibility index (Phi) is 8.96. The molecule has 0 saturated carbocycles. The first-order valence-electron chi connectivity index (χ1n) is 5.31. The summed E-state index contributed by atoms with van der Waals surface area (Å²) in [4.78, 5) is 0. The van der Waals surface area contributed by atoms with Crippen LogP contribution in [0.25, 0.3) is 0 Å². The number of sulfone groups is 2. The molecule has 0 aliphatic heterocycles. The maximum atomic E-state index is 13.5. The molecule has 0 saturated heterocycles. The Bertz CT molecular complexity index is 878. The van der Waals surface area contributed by atoms with Crippen molar-refractivity contribution in [3.05, 3.63) is 39.2 Å². The summed E-state index contributed by atoms with van der Waals surface area (Å²) < 4.78 is 181. The Morgan fingerprint density at radius 3 is 1.00 bits per heavy atom. The molecule has 0 fully saturated rings. The second-order valence-corrected chi connectivity index (χ2v) is 8.15. The van der Waals surface area contributed by atoms with E-state index in [0.29, 0.717) is 0 Å². The topological polar surface area (TPSA) is 68.3 Å². The van der Waals surface area contributed by atoms with Gasteiger partial charge in [-0.2, -0.15) is 26.3 Å². The molecule has 4 nitrogen and oxygen atoms in total. The van der Waals surface area contributed by atoms with Crippen LogP contribution in [-0.4, -0.2) is 27.9 Å². The van der Waals surface area contributed by atoms with E-state index < -0.39 is 69.9 Å². The first kappa shape index (κ1) is 29.4. The summed E-state index contributed by atoms with van der Waals surface area (Å²) in [6.07, 6.45) is 0. The molecule has 0 heterocycles. The van der Waals surface area contributed by atoms with Crippen molar-refractivity contribution in [2.24, 2.45) is 0 Å². The Morgan fingerprint density at radius 1 is 0.571 bits per heavy atom. The molecule has 1 aromatic carbocycles. The molecule has 0 aliphatic rings. The average molecular weight is 484 g/mol. The van der Waals surface area contributed by atoms with Crippen molar-refractivity contribution in [3.8, 4) is 0 Å². The Labute approximate surface area is 171 Å². The molecule has 1 rings (SSSR count). The van der Waals surface area contributed by atoms with Gasteiger partial charge in [0.2, 0.25) is 19.7 Å². The van der Waals surface area contributed by atoms with Gasteiger partial charge in [0.05, 0.1) is 16.2 Å². The van der Waals surface area contributed by atoms with Gasteiger partial charge in [-0.15, -0.1) is 0 Å². The predicted molar refractivity (Wildman–Crippen MR) is 65.3 cm³/mol. The van der Waals surface area contributed by atoms with Crippen molar-refractivity contribution in [2.75, 3.05) is 0 Å². The molecular formula is C10H4F11NaO4S2. The maximum absolute atomic E-state index is 13.5. The third-order valence-electron chi connectivity index (χ3n) is 2.51. The summed E-state index contributed by atoms with van der Waals surface area (Å²) >= 11 is 0. The minimum Gasteiger partial charge on any atom is -0.280 e. The molecule has 158 valence electrons. The summed E-state index contributed by atoms with van der Waals surface area (Å²) in [5, 5.41) is 0. The summed E-state index contributed by atoms with van der Waals surface area (Å²) in [7, 11) is -15.5. The Hall–Kier alpha value is -0.780. The summed E-state index contributed by atoms with van der Waals surface area (Å²) in [6, 6.07) is 0. The second kappa shape index (κ2) is 8.53. The fourth-order valence-corrected chi connectivity index (χ4v) is 4.45.